The highest BCUT2D eigenvalue weighted by molar-refractivity contribution is 5.97. The second-order valence-corrected chi connectivity index (χ2v) is 6.56. The van der Waals surface area contributed by atoms with Crippen LogP contribution in [0.5, 0.6) is 0 Å². The molecule has 144 valence electrons. The molecule has 2 aromatic heterocycles. The van der Waals surface area contributed by atoms with Crippen molar-refractivity contribution < 1.29 is 9.21 Å². The predicted molar refractivity (Wildman–Crippen MR) is 111 cm³/mol. The van der Waals surface area contributed by atoms with E-state index in [9.17, 15) is 9.59 Å². The van der Waals surface area contributed by atoms with Gasteiger partial charge in [-0.05, 0) is 36.8 Å². The van der Waals surface area contributed by atoms with E-state index in [1.165, 1.54) is 12.3 Å². The quantitative estimate of drug-likeness (QED) is 0.553. The minimum atomic E-state index is -0.804. The summed E-state index contributed by atoms with van der Waals surface area (Å²) in [5, 5.41) is 7.23. The van der Waals surface area contributed by atoms with Crippen molar-refractivity contribution in [1.29, 1.82) is 0 Å². The number of anilines is 1. The van der Waals surface area contributed by atoms with Crippen molar-refractivity contribution in [2.75, 3.05) is 5.32 Å². The van der Waals surface area contributed by atoms with Gasteiger partial charge in [-0.2, -0.15) is 5.10 Å². The van der Waals surface area contributed by atoms with Gasteiger partial charge in [0, 0.05) is 17.3 Å². The second kappa shape index (κ2) is 7.98. The number of nitrogens with zero attached hydrogens (tertiary/aromatic N) is 2. The zero-order valence-electron chi connectivity index (χ0n) is 15.8. The molecule has 0 spiro atoms. The summed E-state index contributed by atoms with van der Waals surface area (Å²) in [6, 6.07) is 23.0. The van der Waals surface area contributed by atoms with Gasteiger partial charge in [0.25, 0.3) is 5.56 Å². The fraction of sp³-hybridized carbons (Fsp3) is 0.0870. The first-order valence-electron chi connectivity index (χ1n) is 9.22. The van der Waals surface area contributed by atoms with Gasteiger partial charge in [0.05, 0.1) is 6.26 Å². The Morgan fingerprint density at radius 2 is 1.72 bits per heavy atom. The third-order valence-corrected chi connectivity index (χ3v) is 4.61. The lowest BCUT2D eigenvalue weighted by atomic mass is 10.0. The standard InChI is InChI=1S/C23H19N3O3/c1-16(26-22(27)14-13-20(25-26)21-12-7-15-29-21)23(28)24-19-11-6-5-10-18(19)17-8-3-2-4-9-17/h2-16H,1H3,(H,24,28). The topological polar surface area (TPSA) is 77.1 Å². The number of benzene rings is 2. The normalized spacial score (nSPS) is 11.8. The largest absolute Gasteiger partial charge is 0.463 e. The second-order valence-electron chi connectivity index (χ2n) is 6.56. The SMILES string of the molecule is CC(C(=O)Nc1ccccc1-c1ccccc1)n1nc(-c2ccco2)ccc1=O. The first-order chi connectivity index (χ1) is 14.1. The molecule has 1 unspecified atom stereocenters. The number of carbonyl (C=O) groups is 1. The van der Waals surface area contributed by atoms with Gasteiger partial charge < -0.3 is 9.73 Å². The number of hydrogen-bond donors (Lipinski definition) is 1. The maximum Gasteiger partial charge on any atom is 0.267 e. The monoisotopic (exact) mass is 385 g/mol. The molecule has 29 heavy (non-hydrogen) atoms. The van der Waals surface area contributed by atoms with Gasteiger partial charge in [-0.1, -0.05) is 48.5 Å². The highest BCUT2D eigenvalue weighted by Gasteiger charge is 2.20. The molecule has 1 atom stereocenters. The van der Waals surface area contributed by atoms with E-state index in [0.717, 1.165) is 15.8 Å². The molecule has 0 bridgehead atoms. The molecule has 1 amide bonds. The Morgan fingerprint density at radius 1 is 0.966 bits per heavy atom. The van der Waals surface area contributed by atoms with E-state index in [1.807, 2.05) is 54.6 Å². The molecule has 6 nitrogen and oxygen atoms in total. The molecule has 0 aliphatic rings. The first kappa shape index (κ1) is 18.4. The molecule has 1 N–H and O–H groups in total. The summed E-state index contributed by atoms with van der Waals surface area (Å²) < 4.78 is 6.50. The smallest absolute Gasteiger partial charge is 0.267 e. The molecule has 4 aromatic rings. The molecule has 0 aliphatic heterocycles. The van der Waals surface area contributed by atoms with Gasteiger partial charge in [-0.3, -0.25) is 9.59 Å². The number of furan rings is 1. The van der Waals surface area contributed by atoms with Crippen LogP contribution in [0.3, 0.4) is 0 Å². The van der Waals surface area contributed by atoms with Crippen LogP contribution in [0.1, 0.15) is 13.0 Å². The van der Waals surface area contributed by atoms with Gasteiger partial charge in [0.1, 0.15) is 11.7 Å². The molecular formula is C23H19N3O3. The van der Waals surface area contributed by atoms with E-state index < -0.39 is 6.04 Å². The van der Waals surface area contributed by atoms with E-state index in [1.54, 1.807) is 25.1 Å². The van der Waals surface area contributed by atoms with Crippen LogP contribution < -0.4 is 10.9 Å². The summed E-state index contributed by atoms with van der Waals surface area (Å²) in [6.07, 6.45) is 1.53. The van der Waals surface area contributed by atoms with Crippen LogP contribution in [-0.4, -0.2) is 15.7 Å². The average Bonchev–Trinajstić information content (AvgIpc) is 3.29. The van der Waals surface area contributed by atoms with Crippen molar-refractivity contribution in [2.45, 2.75) is 13.0 Å². The maximum absolute atomic E-state index is 12.9. The Morgan fingerprint density at radius 3 is 2.48 bits per heavy atom. The predicted octanol–water partition coefficient (Wildman–Crippen LogP) is 4.37. The minimum Gasteiger partial charge on any atom is -0.463 e. The number of carbonyl (C=O) groups excluding carboxylic acids is 1. The van der Waals surface area contributed by atoms with Crippen LogP contribution in [0.15, 0.2) is 94.3 Å². The van der Waals surface area contributed by atoms with Crippen molar-refractivity contribution in [3.05, 3.63) is 95.5 Å². The molecule has 0 saturated heterocycles. The molecule has 0 radical (unpaired) electrons. The number of rotatable bonds is 5. The summed E-state index contributed by atoms with van der Waals surface area (Å²) in [5.74, 6) is 0.195. The van der Waals surface area contributed by atoms with Gasteiger partial charge in [0.2, 0.25) is 5.91 Å². The van der Waals surface area contributed by atoms with Crippen LogP contribution in [-0.2, 0) is 4.79 Å². The minimum absolute atomic E-state index is 0.334. The highest BCUT2D eigenvalue weighted by Crippen LogP contribution is 2.28. The van der Waals surface area contributed by atoms with Crippen molar-refractivity contribution in [3.63, 3.8) is 0 Å². The summed E-state index contributed by atoms with van der Waals surface area (Å²) in [4.78, 5) is 25.2. The fourth-order valence-corrected chi connectivity index (χ4v) is 3.07. The van der Waals surface area contributed by atoms with Crippen molar-refractivity contribution in [2.24, 2.45) is 0 Å². The van der Waals surface area contributed by atoms with Crippen LogP contribution in [0.2, 0.25) is 0 Å². The lowest BCUT2D eigenvalue weighted by Gasteiger charge is -2.16. The molecule has 4 rings (SSSR count). The Balaban J connectivity index is 1.62. The van der Waals surface area contributed by atoms with Gasteiger partial charge >= 0.3 is 0 Å². The van der Waals surface area contributed by atoms with Crippen LogP contribution in [0.4, 0.5) is 5.69 Å². The van der Waals surface area contributed by atoms with E-state index in [4.69, 9.17) is 4.42 Å². The van der Waals surface area contributed by atoms with E-state index in [0.29, 0.717) is 17.1 Å². The molecule has 0 aliphatic carbocycles. The summed E-state index contributed by atoms with van der Waals surface area (Å²) in [6.45, 7) is 1.64. The lowest BCUT2D eigenvalue weighted by Crippen LogP contribution is -2.33. The number of aromatic nitrogens is 2. The van der Waals surface area contributed by atoms with Gasteiger partial charge in [0.15, 0.2) is 5.76 Å². The van der Waals surface area contributed by atoms with Crippen molar-refractivity contribution in [1.82, 2.24) is 9.78 Å². The van der Waals surface area contributed by atoms with E-state index in [-0.39, 0.29) is 11.5 Å². The summed E-state index contributed by atoms with van der Waals surface area (Å²) in [5.41, 5.74) is 2.69. The van der Waals surface area contributed by atoms with Crippen LogP contribution in [0.25, 0.3) is 22.6 Å². The zero-order chi connectivity index (χ0) is 20.2. The maximum atomic E-state index is 12.9. The van der Waals surface area contributed by atoms with E-state index in [2.05, 4.69) is 10.4 Å². The third kappa shape index (κ3) is 3.87. The molecule has 2 aromatic carbocycles. The third-order valence-electron chi connectivity index (χ3n) is 4.61. The van der Waals surface area contributed by atoms with Crippen molar-refractivity contribution in [3.8, 4) is 22.6 Å². The molecular weight excluding hydrogens is 366 g/mol. The highest BCUT2D eigenvalue weighted by atomic mass is 16.3. The van der Waals surface area contributed by atoms with Crippen LogP contribution >= 0.6 is 0 Å². The molecule has 0 fully saturated rings. The molecule has 2 heterocycles. The molecule has 6 heteroatoms. The lowest BCUT2D eigenvalue weighted by molar-refractivity contribution is -0.119. The zero-order valence-corrected chi connectivity index (χ0v) is 15.8. The number of para-hydroxylation sites is 1. The molecule has 0 saturated carbocycles. The Hall–Kier alpha value is -3.93. The van der Waals surface area contributed by atoms with Gasteiger partial charge in [-0.15, -0.1) is 0 Å². The van der Waals surface area contributed by atoms with Crippen molar-refractivity contribution >= 4 is 11.6 Å². The number of hydrogen-bond acceptors (Lipinski definition) is 4. The summed E-state index contributed by atoms with van der Waals surface area (Å²) >= 11 is 0. The Labute approximate surface area is 167 Å². The fourth-order valence-electron chi connectivity index (χ4n) is 3.07. The van der Waals surface area contributed by atoms with E-state index >= 15 is 0 Å². The summed E-state index contributed by atoms with van der Waals surface area (Å²) in [7, 11) is 0. The van der Waals surface area contributed by atoms with Gasteiger partial charge in [-0.25, -0.2) is 4.68 Å². The Kier molecular flexibility index (Phi) is 5.07. The average molecular weight is 385 g/mol. The Bertz CT molecular complexity index is 1180. The number of nitrogens with one attached hydrogen (secondary N) is 1. The number of amides is 1. The first-order valence-corrected chi connectivity index (χ1v) is 9.22. The van der Waals surface area contributed by atoms with Crippen LogP contribution in [0, 0.1) is 0 Å².